The molecule has 1 aliphatic carbocycles. The van der Waals surface area contributed by atoms with Crippen LogP contribution >= 0.6 is 11.3 Å². The van der Waals surface area contributed by atoms with E-state index in [4.69, 9.17) is 9.40 Å². The van der Waals surface area contributed by atoms with E-state index < -0.39 is 5.41 Å². The zero-order valence-electron chi connectivity index (χ0n) is 32.5. The van der Waals surface area contributed by atoms with Gasteiger partial charge in [-0.3, -0.25) is 0 Å². The second-order valence-corrected chi connectivity index (χ2v) is 16.5. The van der Waals surface area contributed by atoms with E-state index in [-0.39, 0.29) is 0 Å². The van der Waals surface area contributed by atoms with E-state index in [9.17, 15) is 0 Å². The summed E-state index contributed by atoms with van der Waals surface area (Å²) >= 11 is 1.73. The Bertz CT molecular complexity index is 3330. The zero-order valence-corrected chi connectivity index (χ0v) is 33.3. The predicted octanol–water partition coefficient (Wildman–Crippen LogP) is 15.4. The first-order chi connectivity index (χ1) is 29.7. The van der Waals surface area contributed by atoms with Gasteiger partial charge < -0.3 is 9.32 Å². The summed E-state index contributed by atoms with van der Waals surface area (Å²) < 4.78 is 7.89. The third-order valence-electron chi connectivity index (χ3n) is 12.2. The molecule has 0 atom stereocenters. The molecule has 0 saturated heterocycles. The smallest absolute Gasteiger partial charge is 0.159 e. The standard InChI is InChI=1S/C56H36N2OS/c1-4-15-37(16-5-1)38-27-29-39(30-28-38)55-57-50-34-32-43(36-53(50)60-55)58(51-25-14-23-47-46-22-11-13-26-52(46)59-54(47)51)42-31-33-45-44-21-10-12-24-48(44)56(49(45)35-42,40-17-6-2-7-18-40)41-19-8-3-9-20-41/h1-36H. The third-order valence-corrected chi connectivity index (χ3v) is 13.3. The minimum atomic E-state index is -0.534. The lowest BCUT2D eigenvalue weighted by atomic mass is 9.67. The molecule has 4 heteroatoms. The summed E-state index contributed by atoms with van der Waals surface area (Å²) in [5.41, 5.74) is 16.2. The van der Waals surface area contributed by atoms with E-state index in [1.54, 1.807) is 11.3 Å². The van der Waals surface area contributed by atoms with Gasteiger partial charge in [0.25, 0.3) is 0 Å². The molecule has 0 aliphatic heterocycles. The SMILES string of the molecule is c1ccc(-c2ccc(-c3nc4ccc(N(c5ccc6c(c5)C(c5ccccc5)(c5ccccc5)c5ccccc5-6)c5cccc6c5oc5ccccc56)cc4s3)cc2)cc1. The van der Waals surface area contributed by atoms with Crippen LogP contribution in [0.15, 0.2) is 223 Å². The normalized spacial score (nSPS) is 12.8. The molecule has 3 nitrogen and oxygen atoms in total. The number of hydrogen-bond donors (Lipinski definition) is 0. The van der Waals surface area contributed by atoms with E-state index in [1.165, 1.54) is 44.5 Å². The van der Waals surface area contributed by atoms with Crippen molar-refractivity contribution in [2.75, 3.05) is 4.90 Å². The average molecular weight is 785 g/mol. The van der Waals surface area contributed by atoms with Crippen LogP contribution in [0.5, 0.6) is 0 Å². The lowest BCUT2D eigenvalue weighted by molar-refractivity contribution is 0.669. The number of anilines is 3. The maximum atomic E-state index is 6.77. The maximum Gasteiger partial charge on any atom is 0.159 e. The number of rotatable bonds is 7. The van der Waals surface area contributed by atoms with Gasteiger partial charge in [-0.25, -0.2) is 4.98 Å². The van der Waals surface area contributed by atoms with Crippen molar-refractivity contribution in [1.82, 2.24) is 4.98 Å². The van der Waals surface area contributed by atoms with E-state index in [0.717, 1.165) is 59.8 Å². The molecule has 0 bridgehead atoms. The highest BCUT2D eigenvalue weighted by Gasteiger charge is 2.46. The fourth-order valence-corrected chi connectivity index (χ4v) is 10.5. The molecule has 2 aromatic heterocycles. The van der Waals surface area contributed by atoms with Crippen LogP contribution < -0.4 is 4.90 Å². The predicted molar refractivity (Wildman–Crippen MR) is 250 cm³/mol. The van der Waals surface area contributed by atoms with Crippen LogP contribution in [0.2, 0.25) is 0 Å². The zero-order chi connectivity index (χ0) is 39.6. The minimum Gasteiger partial charge on any atom is -0.454 e. The molecule has 1 aliphatic rings. The molecule has 0 fully saturated rings. The largest absolute Gasteiger partial charge is 0.454 e. The van der Waals surface area contributed by atoms with Crippen LogP contribution in [0.3, 0.4) is 0 Å². The summed E-state index contributed by atoms with van der Waals surface area (Å²) in [7, 11) is 0. The van der Waals surface area contributed by atoms with Crippen molar-refractivity contribution in [3.63, 3.8) is 0 Å². The van der Waals surface area contributed by atoms with Gasteiger partial charge in [-0.2, -0.15) is 0 Å². The first kappa shape index (κ1) is 34.5. The van der Waals surface area contributed by atoms with Crippen molar-refractivity contribution in [3.8, 4) is 32.8 Å². The van der Waals surface area contributed by atoms with Gasteiger partial charge in [0.2, 0.25) is 0 Å². The van der Waals surface area contributed by atoms with Crippen LogP contribution in [-0.2, 0) is 5.41 Å². The van der Waals surface area contributed by atoms with Crippen molar-refractivity contribution in [2.45, 2.75) is 5.41 Å². The van der Waals surface area contributed by atoms with Gasteiger partial charge in [-0.05, 0) is 87.0 Å². The number of aromatic nitrogens is 1. The van der Waals surface area contributed by atoms with Gasteiger partial charge in [-0.15, -0.1) is 11.3 Å². The second-order valence-electron chi connectivity index (χ2n) is 15.5. The van der Waals surface area contributed by atoms with Crippen LogP contribution in [-0.4, -0.2) is 4.98 Å². The van der Waals surface area contributed by atoms with Crippen molar-refractivity contribution in [1.29, 1.82) is 0 Å². The molecule has 0 spiro atoms. The molecular weight excluding hydrogens is 749 g/mol. The molecule has 282 valence electrons. The topological polar surface area (TPSA) is 29.3 Å². The molecule has 0 amide bonds. The fraction of sp³-hybridized carbons (Fsp3) is 0.0179. The number of furan rings is 1. The Hall–Kier alpha value is -7.53. The summed E-state index contributed by atoms with van der Waals surface area (Å²) in [5, 5.41) is 3.19. The van der Waals surface area contributed by atoms with E-state index in [2.05, 4.69) is 217 Å². The van der Waals surface area contributed by atoms with Crippen LogP contribution in [0.4, 0.5) is 17.1 Å². The van der Waals surface area contributed by atoms with Crippen molar-refractivity contribution >= 4 is 60.6 Å². The summed E-state index contributed by atoms with van der Waals surface area (Å²) in [5.74, 6) is 0. The monoisotopic (exact) mass is 784 g/mol. The Labute approximate surface area is 352 Å². The molecule has 9 aromatic carbocycles. The number of nitrogens with zero attached hydrogens (tertiary/aromatic N) is 2. The quantitative estimate of drug-likeness (QED) is 0.161. The molecule has 0 N–H and O–H groups in total. The molecule has 0 radical (unpaired) electrons. The molecule has 11 aromatic rings. The van der Waals surface area contributed by atoms with Gasteiger partial charge in [-0.1, -0.05) is 176 Å². The lowest BCUT2D eigenvalue weighted by Crippen LogP contribution is -2.28. The number of fused-ring (bicyclic) bond motifs is 7. The van der Waals surface area contributed by atoms with Gasteiger partial charge in [0, 0.05) is 27.7 Å². The van der Waals surface area contributed by atoms with E-state index >= 15 is 0 Å². The first-order valence-electron chi connectivity index (χ1n) is 20.4. The Morgan fingerprint density at radius 1 is 0.450 bits per heavy atom. The van der Waals surface area contributed by atoms with Crippen molar-refractivity contribution < 1.29 is 4.42 Å². The Morgan fingerprint density at radius 2 is 1.05 bits per heavy atom. The summed E-state index contributed by atoms with van der Waals surface area (Å²) in [6.07, 6.45) is 0. The molecule has 0 unspecified atom stereocenters. The molecular formula is C56H36N2OS. The van der Waals surface area contributed by atoms with Gasteiger partial charge in [0.05, 0.1) is 21.3 Å². The minimum absolute atomic E-state index is 0.534. The summed E-state index contributed by atoms with van der Waals surface area (Å²) in [6.45, 7) is 0. The number of hydrogen-bond acceptors (Lipinski definition) is 4. The molecule has 2 heterocycles. The van der Waals surface area contributed by atoms with Crippen LogP contribution in [0, 0.1) is 0 Å². The summed E-state index contributed by atoms with van der Waals surface area (Å²) in [4.78, 5) is 7.53. The highest BCUT2D eigenvalue weighted by molar-refractivity contribution is 7.21. The molecule has 0 saturated carbocycles. The van der Waals surface area contributed by atoms with E-state index in [0.29, 0.717) is 0 Å². The van der Waals surface area contributed by atoms with E-state index in [1.807, 2.05) is 6.07 Å². The van der Waals surface area contributed by atoms with Gasteiger partial charge in [0.1, 0.15) is 10.6 Å². The third kappa shape index (κ3) is 5.31. The van der Waals surface area contributed by atoms with Gasteiger partial charge in [0.15, 0.2) is 5.58 Å². The average Bonchev–Trinajstić information content (AvgIpc) is 4.01. The Balaban J connectivity index is 1.07. The highest BCUT2D eigenvalue weighted by Crippen LogP contribution is 2.57. The first-order valence-corrected chi connectivity index (χ1v) is 21.2. The number of benzene rings is 9. The Kier molecular flexibility index (Phi) is 7.94. The van der Waals surface area contributed by atoms with Crippen LogP contribution in [0.25, 0.3) is 65.0 Å². The summed E-state index contributed by atoms with van der Waals surface area (Å²) in [6, 6.07) is 78.7. The molecule has 60 heavy (non-hydrogen) atoms. The van der Waals surface area contributed by atoms with Crippen molar-refractivity contribution in [3.05, 3.63) is 241 Å². The second kappa shape index (κ2) is 13.8. The number of thiazole rings is 1. The Morgan fingerprint density at radius 3 is 1.83 bits per heavy atom. The fourth-order valence-electron chi connectivity index (χ4n) is 9.52. The van der Waals surface area contributed by atoms with Crippen LogP contribution in [0.1, 0.15) is 22.3 Å². The highest BCUT2D eigenvalue weighted by atomic mass is 32.1. The molecule has 12 rings (SSSR count). The van der Waals surface area contributed by atoms with Gasteiger partial charge >= 0.3 is 0 Å². The maximum absolute atomic E-state index is 6.77. The number of para-hydroxylation sites is 2. The van der Waals surface area contributed by atoms with Crippen molar-refractivity contribution in [2.24, 2.45) is 0 Å². The lowest BCUT2D eigenvalue weighted by Gasteiger charge is -2.35.